The molecule has 3 nitrogen and oxygen atoms in total. The van der Waals surface area contributed by atoms with Gasteiger partial charge in [-0.05, 0) is 55.8 Å². The molecule has 0 saturated heterocycles. The summed E-state index contributed by atoms with van der Waals surface area (Å²) >= 11 is 1.59. The van der Waals surface area contributed by atoms with E-state index >= 15 is 0 Å². The summed E-state index contributed by atoms with van der Waals surface area (Å²) < 4.78 is 2.40. The molecule has 19 heavy (non-hydrogen) atoms. The van der Waals surface area contributed by atoms with Gasteiger partial charge in [-0.15, -0.1) is 0 Å². The van der Waals surface area contributed by atoms with E-state index in [1.54, 1.807) is 11.8 Å². The molecular formula is C15H19N3S. The number of nitriles is 1. The van der Waals surface area contributed by atoms with Crippen LogP contribution in [0.25, 0.3) is 0 Å². The average Bonchev–Trinajstić information content (AvgIpc) is 2.83. The second-order valence-electron chi connectivity index (χ2n) is 6.49. The first-order chi connectivity index (χ1) is 9.35. The molecule has 5 rings (SSSR count). The highest BCUT2D eigenvalue weighted by Gasteiger charge is 2.49. The number of hydrogen-bond acceptors (Lipinski definition) is 3. The molecule has 1 aromatic rings. The summed E-state index contributed by atoms with van der Waals surface area (Å²) in [6, 6.07) is 2.87. The van der Waals surface area contributed by atoms with Crippen molar-refractivity contribution in [3.8, 4) is 6.07 Å². The number of imidazole rings is 1. The minimum absolute atomic E-state index is 0.504. The zero-order chi connectivity index (χ0) is 12.8. The maximum absolute atomic E-state index is 8.76. The first-order valence-electron chi connectivity index (χ1n) is 7.37. The fourth-order valence-electron chi connectivity index (χ4n) is 5.09. The van der Waals surface area contributed by atoms with Crippen LogP contribution in [0.2, 0.25) is 0 Å². The molecular weight excluding hydrogens is 254 g/mol. The maximum Gasteiger partial charge on any atom is 0.169 e. The molecule has 4 aliphatic carbocycles. The maximum atomic E-state index is 8.76. The summed E-state index contributed by atoms with van der Waals surface area (Å²) in [5, 5.41) is 9.81. The summed E-state index contributed by atoms with van der Waals surface area (Å²) in [6.45, 7) is 0. The van der Waals surface area contributed by atoms with Gasteiger partial charge in [0.15, 0.2) is 5.16 Å². The van der Waals surface area contributed by atoms with Crippen LogP contribution in [0.3, 0.4) is 0 Å². The van der Waals surface area contributed by atoms with Crippen molar-refractivity contribution >= 4 is 11.8 Å². The van der Waals surface area contributed by atoms with Crippen LogP contribution in [0, 0.1) is 35.0 Å². The lowest BCUT2D eigenvalue weighted by atomic mass is 9.54. The number of thioether (sulfide) groups is 1. The SMILES string of the molecule is N#CCSc1nccn1C1C2CC3CC(C2)CC1C3. The number of nitrogens with zero attached hydrogens (tertiary/aromatic N) is 3. The van der Waals surface area contributed by atoms with Gasteiger partial charge in [0.25, 0.3) is 0 Å². The average molecular weight is 273 g/mol. The molecule has 0 spiro atoms. The molecule has 4 aliphatic rings. The molecule has 0 aliphatic heterocycles. The summed E-state index contributed by atoms with van der Waals surface area (Å²) in [7, 11) is 0. The Morgan fingerprint density at radius 1 is 1.21 bits per heavy atom. The smallest absolute Gasteiger partial charge is 0.169 e. The largest absolute Gasteiger partial charge is 0.322 e. The van der Waals surface area contributed by atoms with E-state index in [2.05, 4.69) is 21.8 Å². The van der Waals surface area contributed by atoms with Crippen LogP contribution < -0.4 is 0 Å². The topological polar surface area (TPSA) is 41.6 Å². The van der Waals surface area contributed by atoms with Gasteiger partial charge >= 0.3 is 0 Å². The lowest BCUT2D eigenvalue weighted by Crippen LogP contribution is -2.45. The Morgan fingerprint density at radius 2 is 1.89 bits per heavy atom. The van der Waals surface area contributed by atoms with Crippen LogP contribution in [-0.2, 0) is 0 Å². The molecule has 100 valence electrons. The van der Waals surface area contributed by atoms with E-state index in [0.717, 1.165) is 28.8 Å². The van der Waals surface area contributed by atoms with Gasteiger partial charge in [0.1, 0.15) is 0 Å². The van der Waals surface area contributed by atoms with Gasteiger partial charge in [-0.25, -0.2) is 4.98 Å². The Bertz CT molecular complexity index is 488. The molecule has 1 aromatic heterocycles. The van der Waals surface area contributed by atoms with Crippen LogP contribution in [0.15, 0.2) is 17.6 Å². The fourth-order valence-corrected chi connectivity index (χ4v) is 5.75. The van der Waals surface area contributed by atoms with Crippen molar-refractivity contribution in [2.45, 2.75) is 43.3 Å². The number of aromatic nitrogens is 2. The Morgan fingerprint density at radius 3 is 2.53 bits per heavy atom. The van der Waals surface area contributed by atoms with Crippen molar-refractivity contribution in [1.29, 1.82) is 5.26 Å². The lowest BCUT2D eigenvalue weighted by molar-refractivity contribution is -0.0321. The quantitative estimate of drug-likeness (QED) is 0.792. The van der Waals surface area contributed by atoms with Gasteiger partial charge in [-0.1, -0.05) is 11.8 Å². The van der Waals surface area contributed by atoms with Crippen molar-refractivity contribution in [3.63, 3.8) is 0 Å². The molecule has 0 radical (unpaired) electrons. The van der Waals surface area contributed by atoms with Crippen molar-refractivity contribution in [2.24, 2.45) is 23.7 Å². The van der Waals surface area contributed by atoms with Gasteiger partial charge in [-0.2, -0.15) is 5.26 Å². The Balaban J connectivity index is 1.62. The summed E-state index contributed by atoms with van der Waals surface area (Å²) in [6.07, 6.45) is 11.3. The highest BCUT2D eigenvalue weighted by atomic mass is 32.2. The summed E-state index contributed by atoms with van der Waals surface area (Å²) in [5.41, 5.74) is 0. The molecule has 0 N–H and O–H groups in total. The Hall–Kier alpha value is -0.950. The van der Waals surface area contributed by atoms with Crippen LogP contribution in [0.5, 0.6) is 0 Å². The standard InChI is InChI=1S/C15H19N3S/c16-1-4-19-15-17-2-3-18(15)14-12-6-10-5-11(8-12)9-13(14)7-10/h2-3,10-14H,4-9H2. The summed E-state index contributed by atoms with van der Waals surface area (Å²) in [5.74, 6) is 4.26. The molecule has 4 heteroatoms. The van der Waals surface area contributed by atoms with E-state index in [1.807, 2.05) is 6.20 Å². The molecule has 4 fully saturated rings. The third-order valence-electron chi connectivity index (χ3n) is 5.40. The molecule has 1 heterocycles. The summed E-state index contributed by atoms with van der Waals surface area (Å²) in [4.78, 5) is 4.46. The first-order valence-corrected chi connectivity index (χ1v) is 8.36. The van der Waals surface area contributed by atoms with Crippen LogP contribution in [0.4, 0.5) is 0 Å². The van der Waals surface area contributed by atoms with Crippen LogP contribution >= 0.6 is 11.8 Å². The Kier molecular flexibility index (Phi) is 2.84. The molecule has 0 aromatic carbocycles. The third kappa shape index (κ3) is 1.90. The lowest BCUT2D eigenvalue weighted by Gasteiger charge is -2.54. The van der Waals surface area contributed by atoms with E-state index in [-0.39, 0.29) is 0 Å². The van der Waals surface area contributed by atoms with Gasteiger partial charge in [0, 0.05) is 18.4 Å². The van der Waals surface area contributed by atoms with E-state index in [0.29, 0.717) is 11.8 Å². The van der Waals surface area contributed by atoms with E-state index < -0.39 is 0 Å². The van der Waals surface area contributed by atoms with E-state index in [1.165, 1.54) is 32.1 Å². The zero-order valence-electron chi connectivity index (χ0n) is 11.0. The van der Waals surface area contributed by atoms with Crippen molar-refractivity contribution in [2.75, 3.05) is 5.75 Å². The van der Waals surface area contributed by atoms with Gasteiger partial charge < -0.3 is 4.57 Å². The highest BCUT2D eigenvalue weighted by Crippen LogP contribution is 2.58. The van der Waals surface area contributed by atoms with Gasteiger partial charge in [0.05, 0.1) is 11.8 Å². The normalized spacial score (nSPS) is 39.4. The zero-order valence-corrected chi connectivity index (χ0v) is 11.9. The minimum Gasteiger partial charge on any atom is -0.322 e. The van der Waals surface area contributed by atoms with Crippen molar-refractivity contribution < 1.29 is 0 Å². The van der Waals surface area contributed by atoms with E-state index in [4.69, 9.17) is 5.26 Å². The van der Waals surface area contributed by atoms with Crippen molar-refractivity contribution in [3.05, 3.63) is 12.4 Å². The highest BCUT2D eigenvalue weighted by molar-refractivity contribution is 7.99. The van der Waals surface area contributed by atoms with Crippen molar-refractivity contribution in [1.82, 2.24) is 9.55 Å². The predicted octanol–water partition coefficient (Wildman–Crippen LogP) is 3.50. The molecule has 0 atom stereocenters. The monoisotopic (exact) mass is 273 g/mol. The van der Waals surface area contributed by atoms with E-state index in [9.17, 15) is 0 Å². The minimum atomic E-state index is 0.504. The number of hydrogen-bond donors (Lipinski definition) is 0. The fraction of sp³-hybridized carbons (Fsp3) is 0.733. The molecule has 4 saturated carbocycles. The van der Waals surface area contributed by atoms with Crippen LogP contribution in [-0.4, -0.2) is 15.3 Å². The molecule has 4 bridgehead atoms. The second kappa shape index (κ2) is 4.56. The molecule has 0 amide bonds. The molecule has 0 unspecified atom stereocenters. The number of rotatable bonds is 3. The van der Waals surface area contributed by atoms with Gasteiger partial charge in [0.2, 0.25) is 0 Å². The first kappa shape index (κ1) is 11.8. The van der Waals surface area contributed by atoms with Gasteiger partial charge in [-0.3, -0.25) is 0 Å². The second-order valence-corrected chi connectivity index (χ2v) is 7.43. The third-order valence-corrected chi connectivity index (χ3v) is 6.24. The Labute approximate surface area is 118 Å². The predicted molar refractivity (Wildman–Crippen MR) is 74.6 cm³/mol. The van der Waals surface area contributed by atoms with Crippen LogP contribution in [0.1, 0.15) is 38.1 Å².